The van der Waals surface area contributed by atoms with Crippen LogP contribution in [0.1, 0.15) is 11.1 Å². The predicted octanol–water partition coefficient (Wildman–Crippen LogP) is 1.43. The normalized spacial score (nSPS) is 12.7. The Labute approximate surface area is 170 Å². The third kappa shape index (κ3) is 3.45. The maximum Gasteiger partial charge on any atom is 0.368 e. The van der Waals surface area contributed by atoms with Gasteiger partial charge in [0.2, 0.25) is 5.88 Å². The van der Waals surface area contributed by atoms with Crippen molar-refractivity contribution in [3.8, 4) is 11.6 Å². The lowest BCUT2D eigenvalue weighted by Crippen LogP contribution is -2.31. The third-order valence-electron chi connectivity index (χ3n) is 4.25. The van der Waals surface area contributed by atoms with Crippen molar-refractivity contribution in [3.63, 3.8) is 0 Å². The molecule has 2 aromatic carbocycles. The van der Waals surface area contributed by atoms with Crippen LogP contribution >= 0.6 is 15.9 Å². The van der Waals surface area contributed by atoms with Gasteiger partial charge in [-0.25, -0.2) is 14.2 Å². The van der Waals surface area contributed by atoms with Gasteiger partial charge in [0, 0.05) is 10.7 Å². The highest BCUT2D eigenvalue weighted by Crippen LogP contribution is 2.22. The Morgan fingerprint density at radius 2 is 1.86 bits per heavy atom. The second kappa shape index (κ2) is 7.06. The number of aromatic nitrogens is 2. The lowest BCUT2D eigenvalue weighted by molar-refractivity contribution is 0.256. The number of aromatic hydroxyl groups is 1. The van der Waals surface area contributed by atoms with Gasteiger partial charge in [-0.1, -0.05) is 15.9 Å². The second-order valence-electron chi connectivity index (χ2n) is 6.20. The quantitative estimate of drug-likeness (QED) is 0.580. The minimum Gasteiger partial charge on any atom is -0.493 e. The van der Waals surface area contributed by atoms with Gasteiger partial charge >= 0.3 is 11.7 Å². The lowest BCUT2D eigenvalue weighted by atomic mass is 10.2. The second-order valence-corrected chi connectivity index (χ2v) is 7.12. The number of amides is 2. The Kier molecular flexibility index (Phi) is 4.55. The fourth-order valence-corrected chi connectivity index (χ4v) is 3.37. The van der Waals surface area contributed by atoms with Gasteiger partial charge in [-0.15, -0.1) is 0 Å². The molecule has 0 saturated carbocycles. The number of nitrogens with one attached hydrogen (secondary N) is 1. The van der Waals surface area contributed by atoms with E-state index in [1.54, 1.807) is 37.3 Å². The summed E-state index contributed by atoms with van der Waals surface area (Å²) in [5.41, 5.74) is -0.220. The minimum atomic E-state index is -0.779. The van der Waals surface area contributed by atoms with E-state index in [0.717, 1.165) is 15.3 Å². The molecule has 2 amide bonds. The van der Waals surface area contributed by atoms with Gasteiger partial charge in [-0.05, 0) is 48.9 Å². The number of aromatic amines is 1. The number of hydrogen-bond acceptors (Lipinski definition) is 5. The van der Waals surface area contributed by atoms with E-state index in [1.165, 1.54) is 6.07 Å². The summed E-state index contributed by atoms with van der Waals surface area (Å²) in [6.45, 7) is 1.77. The van der Waals surface area contributed by atoms with Crippen molar-refractivity contribution in [1.82, 2.24) is 9.55 Å². The van der Waals surface area contributed by atoms with E-state index in [9.17, 15) is 19.5 Å². The molecule has 0 bridgehead atoms. The van der Waals surface area contributed by atoms with Crippen LogP contribution in [0.3, 0.4) is 0 Å². The van der Waals surface area contributed by atoms with E-state index in [0.29, 0.717) is 27.7 Å². The van der Waals surface area contributed by atoms with Gasteiger partial charge in [-0.2, -0.15) is 9.98 Å². The number of carbonyl (C=O) groups is 1. The van der Waals surface area contributed by atoms with Gasteiger partial charge in [0.1, 0.15) is 5.56 Å². The predicted molar refractivity (Wildman–Crippen MR) is 108 cm³/mol. The van der Waals surface area contributed by atoms with Crippen molar-refractivity contribution < 1.29 is 9.90 Å². The Hall–Kier alpha value is -3.66. The van der Waals surface area contributed by atoms with Crippen LogP contribution in [0.4, 0.5) is 10.5 Å². The highest BCUT2D eigenvalue weighted by atomic mass is 79.9. The highest BCUT2D eigenvalue weighted by molar-refractivity contribution is 9.10. The summed E-state index contributed by atoms with van der Waals surface area (Å²) in [6.07, 6.45) is 1.15. The molecule has 9 nitrogen and oxygen atoms in total. The molecule has 10 heteroatoms. The molecule has 0 atom stereocenters. The van der Waals surface area contributed by atoms with Crippen molar-refractivity contribution in [1.29, 1.82) is 0 Å². The fraction of sp³-hybridized carbons (Fsp3) is 0.0526. The van der Waals surface area contributed by atoms with Crippen molar-refractivity contribution >= 4 is 33.9 Å². The maximum atomic E-state index is 12.3. The van der Waals surface area contributed by atoms with E-state index < -0.39 is 23.2 Å². The maximum absolute atomic E-state index is 12.3. The van der Waals surface area contributed by atoms with E-state index in [4.69, 9.17) is 0 Å². The number of urea groups is 1. The zero-order chi connectivity index (χ0) is 20.7. The lowest BCUT2D eigenvalue weighted by Gasteiger charge is -2.12. The van der Waals surface area contributed by atoms with Crippen molar-refractivity contribution in [2.24, 2.45) is 15.0 Å². The number of carbonyl (C=O) groups excluding carboxylic acids is 1. The number of nitrogens with zero attached hydrogens (tertiary/aromatic N) is 4. The molecule has 0 fully saturated rings. The molecule has 0 radical (unpaired) electrons. The summed E-state index contributed by atoms with van der Waals surface area (Å²) < 4.78 is 1.81. The number of aliphatic imine (C=N–C) groups is 1. The fourth-order valence-electron chi connectivity index (χ4n) is 2.89. The number of aryl methyl sites for hydroxylation is 1. The Balaban J connectivity index is 1.83. The Bertz CT molecular complexity index is 1450. The van der Waals surface area contributed by atoms with Gasteiger partial charge in [0.05, 0.1) is 22.1 Å². The molecule has 1 aromatic heterocycles. The summed E-state index contributed by atoms with van der Waals surface area (Å²) in [4.78, 5) is 49.6. The first-order chi connectivity index (χ1) is 13.8. The van der Waals surface area contributed by atoms with Gasteiger partial charge in [0.25, 0.3) is 5.56 Å². The van der Waals surface area contributed by atoms with Gasteiger partial charge in [0.15, 0.2) is 0 Å². The summed E-state index contributed by atoms with van der Waals surface area (Å²) in [7, 11) is 0. The van der Waals surface area contributed by atoms with E-state index >= 15 is 0 Å². The molecule has 2 N–H and O–H groups in total. The van der Waals surface area contributed by atoms with Gasteiger partial charge < -0.3 is 5.11 Å². The monoisotopic (exact) mass is 453 g/mol. The van der Waals surface area contributed by atoms with Crippen LogP contribution < -0.4 is 22.0 Å². The van der Waals surface area contributed by atoms with Crippen LogP contribution in [0.2, 0.25) is 0 Å². The summed E-state index contributed by atoms with van der Waals surface area (Å²) >= 11 is 3.34. The standard InChI is InChI=1S/C19H12BrN5O4/c1-9-6-10(20)2-5-15(9)25-17(27)12(16(26)24-19(25)29)8-21-11-3-4-13-14(7-11)23-18(28)22-13/h2-8,27H,1H3,(H,24,26,29). The van der Waals surface area contributed by atoms with Crippen LogP contribution in [0.25, 0.3) is 5.69 Å². The zero-order valence-corrected chi connectivity index (χ0v) is 16.5. The van der Waals surface area contributed by atoms with Crippen LogP contribution in [0.5, 0.6) is 5.88 Å². The zero-order valence-electron chi connectivity index (χ0n) is 14.9. The third-order valence-corrected chi connectivity index (χ3v) is 4.75. The topological polar surface area (TPSA) is 129 Å². The first kappa shape index (κ1) is 18.7. The van der Waals surface area contributed by atoms with E-state index in [2.05, 4.69) is 35.9 Å². The molecule has 0 spiro atoms. The van der Waals surface area contributed by atoms with Gasteiger partial charge in [-0.3, -0.25) is 14.8 Å². The molecule has 2 heterocycles. The summed E-state index contributed by atoms with van der Waals surface area (Å²) in [5.74, 6) is -0.538. The number of H-pyrrole nitrogens is 1. The molecule has 0 aliphatic carbocycles. The molecule has 144 valence electrons. The average molecular weight is 454 g/mol. The molecule has 3 aromatic rings. The molecule has 4 rings (SSSR count). The van der Waals surface area contributed by atoms with E-state index in [-0.39, 0.29) is 5.56 Å². The number of fused-ring (bicyclic) bond motifs is 1. The van der Waals surface area contributed by atoms with Crippen molar-refractivity contribution in [2.75, 3.05) is 0 Å². The molecular weight excluding hydrogens is 442 g/mol. The number of hydrogen-bond donors (Lipinski definition) is 2. The average Bonchev–Trinajstić information content (AvgIpc) is 3.02. The molecule has 1 aliphatic heterocycles. The van der Waals surface area contributed by atoms with Crippen LogP contribution in [0, 0.1) is 6.92 Å². The van der Waals surface area contributed by atoms with Crippen LogP contribution in [-0.4, -0.2) is 26.9 Å². The van der Waals surface area contributed by atoms with E-state index in [1.807, 2.05) is 0 Å². The first-order valence-corrected chi connectivity index (χ1v) is 9.13. The minimum absolute atomic E-state index is 0.190. The molecule has 29 heavy (non-hydrogen) atoms. The summed E-state index contributed by atoms with van der Waals surface area (Å²) in [6, 6.07) is 9.24. The first-order valence-electron chi connectivity index (χ1n) is 8.34. The number of rotatable bonds is 3. The van der Waals surface area contributed by atoms with Crippen LogP contribution in [-0.2, 0) is 0 Å². The molecule has 0 unspecified atom stereocenters. The largest absolute Gasteiger partial charge is 0.493 e. The van der Waals surface area contributed by atoms with Crippen molar-refractivity contribution in [2.45, 2.75) is 6.92 Å². The van der Waals surface area contributed by atoms with Crippen molar-refractivity contribution in [3.05, 3.63) is 83.6 Å². The SMILES string of the molecule is Cc1cc(Br)ccc1-n1c(O)c(C=Nc2ccc3c(c2)=NC(=O)N=3)c(=O)[nH]c1=O. The summed E-state index contributed by atoms with van der Waals surface area (Å²) in [5, 5.41) is 11.4. The Morgan fingerprint density at radius 3 is 2.62 bits per heavy atom. The molecule has 1 aliphatic rings. The number of benzene rings is 2. The van der Waals surface area contributed by atoms with Crippen LogP contribution in [0.15, 0.2) is 65.4 Å². The number of halogens is 1. The Morgan fingerprint density at radius 1 is 1.10 bits per heavy atom. The highest BCUT2D eigenvalue weighted by Gasteiger charge is 2.16. The molecule has 0 saturated heterocycles. The smallest absolute Gasteiger partial charge is 0.368 e. The molecular formula is C19H12BrN5O4.